The minimum Gasteiger partial charge on any atom is -0.429 e. The topological polar surface area (TPSA) is 67.5 Å². The lowest BCUT2D eigenvalue weighted by molar-refractivity contribution is -0.116. The Morgan fingerprint density at radius 3 is 2.87 bits per heavy atom. The number of fused-ring (bicyclic) bond motifs is 2. The molecule has 0 saturated carbocycles. The van der Waals surface area contributed by atoms with Crippen molar-refractivity contribution in [1.29, 1.82) is 0 Å². The Balaban J connectivity index is 2.07. The highest BCUT2D eigenvalue weighted by molar-refractivity contribution is 7.22. The second kappa shape index (κ2) is 5.29. The summed E-state index contributed by atoms with van der Waals surface area (Å²) in [5.41, 5.74) is 2.70. The second-order valence-electron chi connectivity index (χ2n) is 5.00. The van der Waals surface area contributed by atoms with Crippen LogP contribution in [-0.2, 0) is 4.79 Å². The molecule has 5 nitrogen and oxygen atoms in total. The van der Waals surface area contributed by atoms with Gasteiger partial charge in [-0.05, 0) is 18.2 Å². The standard InChI is InChI=1S/C16H11N3O2S2/c1-9(20)17-15-14(10-6-7-19(21)8-13(10)23-15)16-18-11-4-2-3-5-12(11)22-16/h2-8,21H,1H3. The maximum Gasteiger partial charge on any atom is 0.243 e. The number of pyridine rings is 1. The zero-order valence-corrected chi connectivity index (χ0v) is 13.7. The summed E-state index contributed by atoms with van der Waals surface area (Å²) in [7, 11) is 0. The first-order valence-electron chi connectivity index (χ1n) is 6.87. The number of amides is 1. The van der Waals surface area contributed by atoms with Crippen molar-refractivity contribution in [2.45, 2.75) is 6.92 Å². The van der Waals surface area contributed by atoms with Gasteiger partial charge in [-0.2, -0.15) is 0 Å². The third-order valence-electron chi connectivity index (χ3n) is 3.37. The lowest BCUT2D eigenvalue weighted by Gasteiger charge is -2.02. The number of rotatable bonds is 1. The number of thiophene rings is 1. The van der Waals surface area contributed by atoms with E-state index in [1.165, 1.54) is 18.3 Å². The maximum absolute atomic E-state index is 11.5. The first-order chi connectivity index (χ1) is 11.1. The molecule has 0 saturated heterocycles. The van der Waals surface area contributed by atoms with E-state index in [1.807, 2.05) is 30.3 Å². The van der Waals surface area contributed by atoms with E-state index in [0.717, 1.165) is 36.0 Å². The van der Waals surface area contributed by atoms with Gasteiger partial charge in [-0.3, -0.25) is 4.79 Å². The van der Waals surface area contributed by atoms with E-state index in [2.05, 4.69) is 9.98 Å². The predicted molar refractivity (Wildman–Crippen MR) is 91.0 cm³/mol. The molecule has 2 aliphatic rings. The van der Waals surface area contributed by atoms with Crippen molar-refractivity contribution in [3.63, 3.8) is 0 Å². The molecule has 1 amide bonds. The average Bonchev–Trinajstić information content (AvgIpc) is 3.06. The van der Waals surface area contributed by atoms with Gasteiger partial charge in [0.2, 0.25) is 5.91 Å². The monoisotopic (exact) mass is 341 g/mol. The van der Waals surface area contributed by atoms with Gasteiger partial charge in [-0.15, -0.1) is 22.7 Å². The lowest BCUT2D eigenvalue weighted by atomic mass is 10.1. The molecule has 2 aromatic rings. The van der Waals surface area contributed by atoms with Crippen LogP contribution in [0.5, 0.6) is 0 Å². The van der Waals surface area contributed by atoms with Crippen LogP contribution in [0.3, 0.4) is 0 Å². The Kier molecular flexibility index (Phi) is 3.24. The Morgan fingerprint density at radius 2 is 2.09 bits per heavy atom. The van der Waals surface area contributed by atoms with Gasteiger partial charge in [0.15, 0.2) is 0 Å². The minimum atomic E-state index is -0.254. The SMILES string of the molecule is CC(=O)N=c1sc2cn(O)ccc-2c1-c1nc2ccccc2s1. The predicted octanol–water partition coefficient (Wildman–Crippen LogP) is 3.62. The molecular weight excluding hydrogens is 330 g/mol. The molecule has 0 fully saturated rings. The first-order valence-corrected chi connectivity index (χ1v) is 8.50. The van der Waals surface area contributed by atoms with Crippen molar-refractivity contribution in [2.24, 2.45) is 4.99 Å². The van der Waals surface area contributed by atoms with Gasteiger partial charge in [0, 0.05) is 18.7 Å². The summed E-state index contributed by atoms with van der Waals surface area (Å²) < 4.78 is 2.71. The number of aromatic nitrogens is 2. The smallest absolute Gasteiger partial charge is 0.243 e. The van der Waals surface area contributed by atoms with Crippen molar-refractivity contribution in [2.75, 3.05) is 0 Å². The van der Waals surface area contributed by atoms with E-state index in [1.54, 1.807) is 23.7 Å². The molecule has 0 radical (unpaired) electrons. The van der Waals surface area contributed by atoms with E-state index in [4.69, 9.17) is 0 Å². The molecular formula is C16H11N3O2S2. The molecule has 4 rings (SSSR count). The Bertz CT molecular complexity index is 1040. The van der Waals surface area contributed by atoms with Gasteiger partial charge in [0.05, 0.1) is 26.9 Å². The molecule has 1 aromatic heterocycles. The van der Waals surface area contributed by atoms with Crippen molar-refractivity contribution in [1.82, 2.24) is 9.71 Å². The van der Waals surface area contributed by atoms with Gasteiger partial charge in [0.1, 0.15) is 9.68 Å². The molecule has 0 atom stereocenters. The number of carbonyl (C=O) groups excluding carboxylic acids is 1. The number of hydrogen-bond donors (Lipinski definition) is 1. The number of para-hydroxylation sites is 1. The zero-order chi connectivity index (χ0) is 16.0. The van der Waals surface area contributed by atoms with Crippen LogP contribution < -0.4 is 4.67 Å². The number of carbonyl (C=O) groups is 1. The molecule has 114 valence electrons. The highest BCUT2D eigenvalue weighted by atomic mass is 32.1. The van der Waals surface area contributed by atoms with E-state index in [-0.39, 0.29) is 5.91 Å². The number of thiazole rings is 1. The maximum atomic E-state index is 11.5. The van der Waals surface area contributed by atoms with Crippen LogP contribution in [0.25, 0.3) is 31.2 Å². The summed E-state index contributed by atoms with van der Waals surface area (Å²) in [6.07, 6.45) is 3.17. The van der Waals surface area contributed by atoms with Crippen LogP contribution >= 0.6 is 22.7 Å². The Labute approximate surface area is 139 Å². The quantitative estimate of drug-likeness (QED) is 0.538. The highest BCUT2D eigenvalue weighted by Crippen LogP contribution is 2.38. The number of benzene rings is 1. The van der Waals surface area contributed by atoms with Crippen molar-refractivity contribution < 1.29 is 10.0 Å². The molecule has 0 aliphatic carbocycles. The molecule has 1 aromatic carbocycles. The minimum absolute atomic E-state index is 0.254. The summed E-state index contributed by atoms with van der Waals surface area (Å²) in [6.45, 7) is 1.43. The van der Waals surface area contributed by atoms with Crippen LogP contribution in [0, 0.1) is 0 Å². The summed E-state index contributed by atoms with van der Waals surface area (Å²) in [5.74, 6) is -0.254. The van der Waals surface area contributed by atoms with E-state index < -0.39 is 0 Å². The van der Waals surface area contributed by atoms with Crippen LogP contribution in [0.2, 0.25) is 0 Å². The van der Waals surface area contributed by atoms with E-state index >= 15 is 0 Å². The molecule has 2 aliphatic heterocycles. The van der Waals surface area contributed by atoms with Crippen molar-refractivity contribution in [3.8, 4) is 21.0 Å². The Morgan fingerprint density at radius 1 is 1.26 bits per heavy atom. The van der Waals surface area contributed by atoms with Crippen LogP contribution in [0.4, 0.5) is 0 Å². The molecule has 23 heavy (non-hydrogen) atoms. The second-order valence-corrected chi connectivity index (χ2v) is 7.06. The third kappa shape index (κ3) is 2.43. The molecule has 0 unspecified atom stereocenters. The van der Waals surface area contributed by atoms with Crippen LogP contribution in [0.15, 0.2) is 47.7 Å². The largest absolute Gasteiger partial charge is 0.429 e. The Hall–Kier alpha value is -2.51. The lowest BCUT2D eigenvalue weighted by Crippen LogP contribution is -2.01. The summed E-state index contributed by atoms with van der Waals surface area (Å²) >= 11 is 2.94. The molecule has 0 bridgehead atoms. The molecule has 0 spiro atoms. The van der Waals surface area contributed by atoms with Crippen molar-refractivity contribution in [3.05, 3.63) is 47.4 Å². The highest BCUT2D eigenvalue weighted by Gasteiger charge is 2.20. The van der Waals surface area contributed by atoms with Crippen LogP contribution in [-0.4, -0.2) is 20.8 Å². The fraction of sp³-hybridized carbons (Fsp3) is 0.0625. The van der Waals surface area contributed by atoms with Gasteiger partial charge in [-0.1, -0.05) is 12.1 Å². The average molecular weight is 341 g/mol. The molecule has 3 heterocycles. The van der Waals surface area contributed by atoms with Crippen molar-refractivity contribution >= 4 is 38.8 Å². The zero-order valence-electron chi connectivity index (χ0n) is 12.1. The van der Waals surface area contributed by atoms with Gasteiger partial charge < -0.3 is 5.21 Å². The van der Waals surface area contributed by atoms with Crippen LogP contribution in [0.1, 0.15) is 6.92 Å². The normalized spacial score (nSPS) is 12.3. The summed E-state index contributed by atoms with van der Waals surface area (Å²) in [5, 5.41) is 10.4. The van der Waals surface area contributed by atoms with E-state index in [9.17, 15) is 10.0 Å². The van der Waals surface area contributed by atoms with E-state index in [0.29, 0.717) is 4.67 Å². The number of hydrogen-bond acceptors (Lipinski definition) is 5. The summed E-state index contributed by atoms with van der Waals surface area (Å²) in [6, 6.07) is 9.73. The summed E-state index contributed by atoms with van der Waals surface area (Å²) in [4.78, 5) is 21.1. The molecule has 7 heteroatoms. The van der Waals surface area contributed by atoms with Gasteiger partial charge in [0.25, 0.3) is 0 Å². The molecule has 1 N–H and O–H groups in total. The number of nitrogens with zero attached hydrogens (tertiary/aromatic N) is 3. The fourth-order valence-corrected chi connectivity index (χ4v) is 4.65. The first kappa shape index (κ1) is 14.1. The van der Waals surface area contributed by atoms with Gasteiger partial charge >= 0.3 is 0 Å². The third-order valence-corrected chi connectivity index (χ3v) is 5.45. The fourth-order valence-electron chi connectivity index (χ4n) is 2.43. The van der Waals surface area contributed by atoms with Gasteiger partial charge in [-0.25, -0.2) is 14.7 Å².